The molecule has 1 aliphatic carbocycles. The van der Waals surface area contributed by atoms with Gasteiger partial charge in [-0.25, -0.2) is 4.79 Å². The van der Waals surface area contributed by atoms with Crippen LogP contribution in [-0.4, -0.2) is 17.1 Å². The third-order valence-electron chi connectivity index (χ3n) is 4.32. The molecule has 1 aliphatic rings. The van der Waals surface area contributed by atoms with Gasteiger partial charge in [-0.05, 0) is 29.9 Å². The lowest BCUT2D eigenvalue weighted by Gasteiger charge is -2.16. The highest BCUT2D eigenvalue weighted by molar-refractivity contribution is 7.21. The quantitative estimate of drug-likeness (QED) is 0.822. The van der Waals surface area contributed by atoms with Crippen LogP contribution in [0.25, 0.3) is 10.1 Å². The van der Waals surface area contributed by atoms with Gasteiger partial charge < -0.3 is 10.4 Å². The Bertz CT molecular complexity index is 627. The first kappa shape index (κ1) is 14.5. The molecule has 0 unspecified atom stereocenters. The number of benzene rings is 1. The van der Waals surface area contributed by atoms with Crippen LogP contribution in [0.3, 0.4) is 0 Å². The number of fused-ring (bicyclic) bond motifs is 1. The van der Waals surface area contributed by atoms with Crippen LogP contribution < -0.4 is 5.32 Å². The molecule has 0 atom stereocenters. The number of thiophene rings is 1. The molecule has 2 aromatic rings. The summed E-state index contributed by atoms with van der Waals surface area (Å²) in [5.74, 6) is -0.811. The number of aromatic carboxylic acids is 1. The van der Waals surface area contributed by atoms with E-state index in [4.69, 9.17) is 0 Å². The second kappa shape index (κ2) is 6.58. The zero-order valence-corrected chi connectivity index (χ0v) is 12.9. The van der Waals surface area contributed by atoms with E-state index >= 15 is 0 Å². The van der Waals surface area contributed by atoms with E-state index in [9.17, 15) is 9.90 Å². The van der Waals surface area contributed by atoms with E-state index in [0.717, 1.165) is 15.6 Å². The van der Waals surface area contributed by atoms with Crippen molar-refractivity contribution in [3.05, 3.63) is 34.7 Å². The summed E-state index contributed by atoms with van der Waals surface area (Å²) in [5.41, 5.74) is 0.951. The predicted octanol–water partition coefficient (Wildman–Crippen LogP) is 4.41. The van der Waals surface area contributed by atoms with Gasteiger partial charge in [-0.1, -0.05) is 43.9 Å². The molecule has 0 radical (unpaired) electrons. The fraction of sp³-hybridized carbons (Fsp3) is 0.471. The zero-order valence-electron chi connectivity index (χ0n) is 12.1. The van der Waals surface area contributed by atoms with E-state index in [2.05, 4.69) is 5.32 Å². The number of carboxylic acid groups (broad SMARTS) is 1. The van der Waals surface area contributed by atoms with Crippen molar-refractivity contribution in [1.29, 1.82) is 0 Å². The molecule has 0 aliphatic heterocycles. The van der Waals surface area contributed by atoms with Crippen LogP contribution in [-0.2, 0) is 6.54 Å². The summed E-state index contributed by atoms with van der Waals surface area (Å²) in [6, 6.07) is 8.51. The molecule has 0 bridgehead atoms. The maximum absolute atomic E-state index is 11.5. The van der Waals surface area contributed by atoms with Crippen molar-refractivity contribution >= 4 is 27.4 Å². The van der Waals surface area contributed by atoms with Crippen molar-refractivity contribution in [3.8, 4) is 0 Å². The number of hydrogen-bond donors (Lipinski definition) is 2. The first-order valence-electron chi connectivity index (χ1n) is 7.73. The number of carbonyl (C=O) groups is 1. The molecule has 0 amide bonds. The van der Waals surface area contributed by atoms with E-state index in [-0.39, 0.29) is 0 Å². The van der Waals surface area contributed by atoms with Crippen LogP contribution in [0.4, 0.5) is 0 Å². The predicted molar refractivity (Wildman–Crippen MR) is 87.1 cm³/mol. The minimum atomic E-state index is -0.811. The summed E-state index contributed by atoms with van der Waals surface area (Å²) in [4.78, 5) is 12.0. The average molecular weight is 303 g/mol. The van der Waals surface area contributed by atoms with Crippen LogP contribution in [0.5, 0.6) is 0 Å². The summed E-state index contributed by atoms with van der Waals surface area (Å²) in [6.07, 6.45) is 7.66. The number of rotatable bonds is 4. The van der Waals surface area contributed by atoms with Crippen LogP contribution in [0.15, 0.2) is 24.3 Å². The number of hydrogen-bond acceptors (Lipinski definition) is 3. The lowest BCUT2D eigenvalue weighted by atomic mass is 10.1. The van der Waals surface area contributed by atoms with Gasteiger partial charge in [0.2, 0.25) is 0 Å². The Morgan fingerprint density at radius 1 is 1.19 bits per heavy atom. The smallest absolute Gasteiger partial charge is 0.346 e. The monoisotopic (exact) mass is 303 g/mol. The molecule has 1 aromatic heterocycles. The Morgan fingerprint density at radius 3 is 2.62 bits per heavy atom. The third kappa shape index (κ3) is 3.27. The van der Waals surface area contributed by atoms with Gasteiger partial charge in [-0.15, -0.1) is 11.3 Å². The van der Waals surface area contributed by atoms with Crippen LogP contribution >= 0.6 is 11.3 Å². The molecule has 2 N–H and O–H groups in total. The minimum Gasteiger partial charge on any atom is -0.477 e. The molecule has 21 heavy (non-hydrogen) atoms. The van der Waals surface area contributed by atoms with E-state index in [1.165, 1.54) is 49.9 Å². The van der Waals surface area contributed by atoms with Crippen LogP contribution in [0.2, 0.25) is 0 Å². The Hall–Kier alpha value is -1.39. The van der Waals surface area contributed by atoms with E-state index in [1.54, 1.807) is 0 Å². The summed E-state index contributed by atoms with van der Waals surface area (Å²) in [5, 5.41) is 14.1. The molecule has 4 heteroatoms. The van der Waals surface area contributed by atoms with Gasteiger partial charge in [-0.2, -0.15) is 0 Å². The van der Waals surface area contributed by atoms with Gasteiger partial charge in [0.15, 0.2) is 0 Å². The van der Waals surface area contributed by atoms with Gasteiger partial charge in [0.25, 0.3) is 0 Å². The SMILES string of the molecule is O=C(O)c1sc2ccccc2c1CNC1CCCCCC1. The molecular weight excluding hydrogens is 282 g/mol. The molecule has 112 valence electrons. The fourth-order valence-corrected chi connectivity index (χ4v) is 4.24. The Balaban J connectivity index is 1.81. The average Bonchev–Trinajstić information content (AvgIpc) is 2.66. The lowest BCUT2D eigenvalue weighted by molar-refractivity contribution is 0.0701. The van der Waals surface area contributed by atoms with E-state index in [0.29, 0.717) is 17.5 Å². The van der Waals surface area contributed by atoms with Gasteiger partial charge in [0.05, 0.1) is 0 Å². The Kier molecular flexibility index (Phi) is 4.56. The van der Waals surface area contributed by atoms with Gasteiger partial charge in [-0.3, -0.25) is 0 Å². The summed E-state index contributed by atoms with van der Waals surface area (Å²) < 4.78 is 1.06. The van der Waals surface area contributed by atoms with Crippen molar-refractivity contribution in [3.63, 3.8) is 0 Å². The van der Waals surface area contributed by atoms with Crippen molar-refractivity contribution < 1.29 is 9.90 Å². The second-order valence-corrected chi connectivity index (χ2v) is 6.83. The third-order valence-corrected chi connectivity index (χ3v) is 5.52. The van der Waals surface area contributed by atoms with Crippen molar-refractivity contribution in [2.75, 3.05) is 0 Å². The highest BCUT2D eigenvalue weighted by Gasteiger charge is 2.19. The van der Waals surface area contributed by atoms with Crippen molar-refractivity contribution in [2.24, 2.45) is 0 Å². The first-order valence-corrected chi connectivity index (χ1v) is 8.54. The van der Waals surface area contributed by atoms with Crippen LogP contribution in [0, 0.1) is 0 Å². The molecule has 1 saturated carbocycles. The normalized spacial score (nSPS) is 17.0. The lowest BCUT2D eigenvalue weighted by Crippen LogP contribution is -2.28. The standard InChI is InChI=1S/C17H21NO2S/c19-17(20)16-14(13-9-5-6-10-15(13)21-16)11-18-12-7-3-1-2-4-8-12/h5-6,9-10,12,18H,1-4,7-8,11H2,(H,19,20). The molecule has 1 aromatic carbocycles. The second-order valence-electron chi connectivity index (χ2n) is 5.78. The topological polar surface area (TPSA) is 49.3 Å². The molecule has 1 fully saturated rings. The molecule has 0 saturated heterocycles. The fourth-order valence-electron chi connectivity index (χ4n) is 3.18. The molecular formula is C17H21NO2S. The minimum absolute atomic E-state index is 0.484. The largest absolute Gasteiger partial charge is 0.477 e. The maximum atomic E-state index is 11.5. The zero-order chi connectivity index (χ0) is 14.7. The van der Waals surface area contributed by atoms with Gasteiger partial charge in [0, 0.05) is 17.3 Å². The van der Waals surface area contributed by atoms with Gasteiger partial charge >= 0.3 is 5.97 Å². The van der Waals surface area contributed by atoms with Crippen molar-refractivity contribution in [1.82, 2.24) is 5.32 Å². The number of carboxylic acids is 1. The number of nitrogens with one attached hydrogen (secondary N) is 1. The summed E-state index contributed by atoms with van der Waals surface area (Å²) in [7, 11) is 0. The molecule has 1 heterocycles. The molecule has 3 rings (SSSR count). The van der Waals surface area contributed by atoms with E-state index in [1.807, 2.05) is 24.3 Å². The summed E-state index contributed by atoms with van der Waals surface area (Å²) in [6.45, 7) is 0.663. The van der Waals surface area contributed by atoms with Gasteiger partial charge in [0.1, 0.15) is 4.88 Å². The molecule has 0 spiro atoms. The van der Waals surface area contributed by atoms with Crippen LogP contribution in [0.1, 0.15) is 53.8 Å². The Labute approximate surface area is 129 Å². The maximum Gasteiger partial charge on any atom is 0.346 e. The summed E-state index contributed by atoms with van der Waals surface area (Å²) >= 11 is 1.38. The first-order chi connectivity index (χ1) is 10.3. The molecule has 3 nitrogen and oxygen atoms in total. The highest BCUT2D eigenvalue weighted by Crippen LogP contribution is 2.31. The van der Waals surface area contributed by atoms with E-state index < -0.39 is 5.97 Å². The highest BCUT2D eigenvalue weighted by atomic mass is 32.1. The van der Waals surface area contributed by atoms with Crippen molar-refractivity contribution in [2.45, 2.75) is 51.1 Å². The Morgan fingerprint density at radius 2 is 1.90 bits per heavy atom.